The number of nitrogens with zero attached hydrogens (tertiary/aromatic N) is 4. The first-order valence-electron chi connectivity index (χ1n) is 8.50. The highest BCUT2D eigenvalue weighted by Crippen LogP contribution is 2.29. The Kier molecular flexibility index (Phi) is 4.06. The molecule has 8 nitrogen and oxygen atoms in total. The van der Waals surface area contributed by atoms with Crippen LogP contribution < -0.4 is 10.6 Å². The van der Waals surface area contributed by atoms with Gasteiger partial charge in [-0.3, -0.25) is 9.59 Å². The number of benzene rings is 1. The summed E-state index contributed by atoms with van der Waals surface area (Å²) in [5.41, 5.74) is 4.48. The van der Waals surface area contributed by atoms with E-state index in [1.54, 1.807) is 27.7 Å². The number of aryl methyl sites for hydroxylation is 2. The molecule has 1 aromatic carbocycles. The highest BCUT2D eigenvalue weighted by molar-refractivity contribution is 6.60. The first-order valence-corrected chi connectivity index (χ1v) is 8.50. The molecule has 4 rings (SSSR count). The number of amides is 2. The van der Waals surface area contributed by atoms with E-state index in [9.17, 15) is 9.59 Å². The highest BCUT2D eigenvalue weighted by atomic mass is 16.2. The summed E-state index contributed by atoms with van der Waals surface area (Å²) in [5.74, 6) is -0.0469. The largest absolute Gasteiger partial charge is 0.338 e. The van der Waals surface area contributed by atoms with Crippen molar-refractivity contribution in [1.29, 1.82) is 0 Å². The molecule has 0 spiro atoms. The molecule has 0 unspecified atom stereocenters. The van der Waals surface area contributed by atoms with E-state index in [-0.39, 0.29) is 5.91 Å². The number of carbonyl (C=O) groups is 2. The molecule has 0 atom stereocenters. The van der Waals surface area contributed by atoms with Gasteiger partial charge in [-0.2, -0.15) is 5.10 Å². The van der Waals surface area contributed by atoms with Crippen molar-refractivity contribution in [2.24, 2.45) is 0 Å². The lowest BCUT2D eigenvalue weighted by Crippen LogP contribution is -2.10. The fourth-order valence-corrected chi connectivity index (χ4v) is 3.00. The molecule has 1 aliphatic heterocycles. The van der Waals surface area contributed by atoms with Crippen molar-refractivity contribution in [3.63, 3.8) is 0 Å². The Labute approximate surface area is 157 Å². The molecular formula is C18H17BN6O2. The Balaban J connectivity index is 1.74. The third-order valence-corrected chi connectivity index (χ3v) is 4.55. The van der Waals surface area contributed by atoms with Crippen LogP contribution in [0.25, 0.3) is 5.52 Å². The van der Waals surface area contributed by atoms with E-state index in [1.165, 1.54) is 6.33 Å². The molecule has 2 radical (unpaired) electrons. The van der Waals surface area contributed by atoms with E-state index >= 15 is 0 Å². The van der Waals surface area contributed by atoms with Gasteiger partial charge >= 0.3 is 0 Å². The molecule has 1 fully saturated rings. The summed E-state index contributed by atoms with van der Waals surface area (Å²) in [5, 5.41) is 10.1. The molecule has 1 aliphatic rings. The van der Waals surface area contributed by atoms with Crippen molar-refractivity contribution in [2.75, 3.05) is 23.7 Å². The monoisotopic (exact) mass is 360 g/mol. The van der Waals surface area contributed by atoms with Crippen LogP contribution in [0.3, 0.4) is 0 Å². The van der Waals surface area contributed by atoms with Crippen molar-refractivity contribution in [3.05, 3.63) is 47.4 Å². The molecule has 1 saturated heterocycles. The van der Waals surface area contributed by atoms with Crippen LogP contribution in [0.15, 0.2) is 30.7 Å². The van der Waals surface area contributed by atoms with E-state index < -0.39 is 5.81 Å². The normalized spacial score (nSPS) is 12.9. The number of fused-ring (bicyclic) bond motifs is 1. The van der Waals surface area contributed by atoms with Crippen molar-refractivity contribution < 1.29 is 9.59 Å². The predicted octanol–water partition coefficient (Wildman–Crippen LogP) is 2.25. The highest BCUT2D eigenvalue weighted by Gasteiger charge is 2.28. The number of aromatic nitrogens is 3. The molecule has 134 valence electrons. The summed E-state index contributed by atoms with van der Waals surface area (Å²) in [6, 6.07) is 5.41. The molecule has 3 aromatic rings. The van der Waals surface area contributed by atoms with Gasteiger partial charge < -0.3 is 15.5 Å². The van der Waals surface area contributed by atoms with Crippen LogP contribution in [-0.2, 0) is 0 Å². The topological polar surface area (TPSA) is 91.4 Å². The van der Waals surface area contributed by atoms with Crippen LogP contribution >= 0.6 is 0 Å². The molecule has 9 heteroatoms. The summed E-state index contributed by atoms with van der Waals surface area (Å²) in [4.78, 5) is 29.7. The third kappa shape index (κ3) is 3.23. The van der Waals surface area contributed by atoms with E-state index in [0.29, 0.717) is 17.1 Å². The third-order valence-electron chi connectivity index (χ3n) is 4.55. The smallest absolute Gasteiger partial charge is 0.255 e. The standard InChI is InChI=1S/C18H17BN6O2/c1-10-3-4-12(22-18(19)27)7-14(10)23-16-15-11(2)13(17(26)24-5-6-24)8-25(15)21-9-20-16/h3-4,7-9H,5-6H2,1-2H3,(H,22,27)(H,20,21,23). The molecule has 0 aliphatic carbocycles. The number of hydrogen-bond donors (Lipinski definition) is 2. The Bertz CT molecular complexity index is 1070. The van der Waals surface area contributed by atoms with Crippen LogP contribution in [0.2, 0.25) is 0 Å². The van der Waals surface area contributed by atoms with Gasteiger partial charge in [-0.05, 0) is 37.1 Å². The van der Waals surface area contributed by atoms with Gasteiger partial charge in [0.2, 0.25) is 7.85 Å². The van der Waals surface area contributed by atoms with Crippen LogP contribution in [-0.4, -0.2) is 52.1 Å². The lowest BCUT2D eigenvalue weighted by atomic mass is 10.1. The van der Waals surface area contributed by atoms with Gasteiger partial charge in [0.1, 0.15) is 11.8 Å². The molecule has 27 heavy (non-hydrogen) atoms. The Morgan fingerprint density at radius 3 is 2.70 bits per heavy atom. The van der Waals surface area contributed by atoms with Gasteiger partial charge in [-0.15, -0.1) is 0 Å². The van der Waals surface area contributed by atoms with Crippen molar-refractivity contribution in [3.8, 4) is 0 Å². The Morgan fingerprint density at radius 2 is 2.00 bits per heavy atom. The van der Waals surface area contributed by atoms with Gasteiger partial charge in [0.15, 0.2) is 11.6 Å². The summed E-state index contributed by atoms with van der Waals surface area (Å²) >= 11 is 0. The maximum absolute atomic E-state index is 12.5. The number of nitrogens with one attached hydrogen (secondary N) is 2. The van der Waals surface area contributed by atoms with Crippen molar-refractivity contribution in [2.45, 2.75) is 13.8 Å². The molecule has 3 heterocycles. The molecule has 2 amide bonds. The number of carbonyl (C=O) groups excluding carboxylic acids is 2. The first-order chi connectivity index (χ1) is 12.9. The van der Waals surface area contributed by atoms with Gasteiger partial charge in [0.25, 0.3) is 5.91 Å². The number of rotatable bonds is 4. The molecule has 0 bridgehead atoms. The van der Waals surface area contributed by atoms with E-state index in [0.717, 1.165) is 35.4 Å². The SMILES string of the molecule is [B]C(=O)Nc1ccc(C)c(Nc2ncnn3cc(C(=O)N4CC4)c(C)c23)c1. The Morgan fingerprint density at radius 1 is 1.22 bits per heavy atom. The summed E-state index contributed by atoms with van der Waals surface area (Å²) < 4.78 is 1.66. The maximum Gasteiger partial charge on any atom is 0.255 e. The van der Waals surface area contributed by atoms with E-state index in [1.807, 2.05) is 19.9 Å². The second-order valence-electron chi connectivity index (χ2n) is 6.51. The average Bonchev–Trinajstić information content (AvgIpc) is 3.41. The zero-order valence-electron chi connectivity index (χ0n) is 15.0. The second-order valence-corrected chi connectivity index (χ2v) is 6.51. The van der Waals surface area contributed by atoms with Gasteiger partial charge in [0.05, 0.1) is 5.56 Å². The van der Waals surface area contributed by atoms with Crippen molar-refractivity contribution >= 4 is 42.3 Å². The minimum absolute atomic E-state index is 0.00721. The van der Waals surface area contributed by atoms with Crippen LogP contribution in [0, 0.1) is 13.8 Å². The van der Waals surface area contributed by atoms with E-state index in [2.05, 4.69) is 20.7 Å². The molecule has 0 saturated carbocycles. The first kappa shape index (κ1) is 17.1. The van der Waals surface area contributed by atoms with Gasteiger partial charge in [-0.1, -0.05) is 6.07 Å². The van der Waals surface area contributed by atoms with Gasteiger partial charge in [0, 0.05) is 30.7 Å². The van der Waals surface area contributed by atoms with Gasteiger partial charge in [-0.25, -0.2) is 9.50 Å². The average molecular weight is 360 g/mol. The fraction of sp³-hybridized carbons (Fsp3) is 0.222. The lowest BCUT2D eigenvalue weighted by Gasteiger charge is -2.12. The van der Waals surface area contributed by atoms with Crippen molar-refractivity contribution in [1.82, 2.24) is 19.5 Å². The quantitative estimate of drug-likeness (QED) is 0.550. The summed E-state index contributed by atoms with van der Waals surface area (Å²) in [6.45, 7) is 5.41. The second kappa shape index (κ2) is 6.42. The zero-order chi connectivity index (χ0) is 19.1. The fourth-order valence-electron chi connectivity index (χ4n) is 3.00. The zero-order valence-corrected chi connectivity index (χ0v) is 15.0. The minimum atomic E-state index is -0.630. The summed E-state index contributed by atoms with van der Waals surface area (Å²) in [7, 11) is 5.19. The molecule has 2 N–H and O–H groups in total. The minimum Gasteiger partial charge on any atom is -0.338 e. The Hall–Kier alpha value is -3.36. The number of anilines is 3. The number of hydrogen-bond acceptors (Lipinski definition) is 5. The predicted molar refractivity (Wildman–Crippen MR) is 103 cm³/mol. The maximum atomic E-state index is 12.5. The van der Waals surface area contributed by atoms with Crippen LogP contribution in [0.4, 0.5) is 22.0 Å². The van der Waals surface area contributed by atoms with Crippen LogP contribution in [0.5, 0.6) is 0 Å². The lowest BCUT2D eigenvalue weighted by molar-refractivity contribution is 0.0885. The molecular weight excluding hydrogens is 343 g/mol. The molecule has 2 aromatic heterocycles. The summed E-state index contributed by atoms with van der Waals surface area (Å²) in [6.07, 6.45) is 3.16. The van der Waals surface area contributed by atoms with Crippen LogP contribution in [0.1, 0.15) is 21.5 Å². The van der Waals surface area contributed by atoms with E-state index in [4.69, 9.17) is 7.85 Å².